The van der Waals surface area contributed by atoms with E-state index in [4.69, 9.17) is 4.98 Å². The van der Waals surface area contributed by atoms with Crippen molar-refractivity contribution in [3.8, 4) is 0 Å². The van der Waals surface area contributed by atoms with E-state index in [1.54, 1.807) is 22.8 Å². The zero-order valence-electron chi connectivity index (χ0n) is 13.8. The molecule has 2 aromatic rings. The number of hydrogen-bond acceptors (Lipinski definition) is 5. The summed E-state index contributed by atoms with van der Waals surface area (Å²) < 4.78 is 1.78. The first kappa shape index (κ1) is 16.7. The molecule has 0 aromatic carbocycles. The molecular weight excluding hydrogens is 328 g/mol. The lowest BCUT2D eigenvalue weighted by Gasteiger charge is -2.14. The summed E-state index contributed by atoms with van der Waals surface area (Å²) in [6.45, 7) is 6.41. The summed E-state index contributed by atoms with van der Waals surface area (Å²) in [4.78, 5) is 31.4. The van der Waals surface area contributed by atoms with Crippen molar-refractivity contribution in [2.45, 2.75) is 58.2 Å². The number of carbonyl (C=O) groups excluding carboxylic acids is 1. The van der Waals surface area contributed by atoms with Crippen molar-refractivity contribution in [1.29, 1.82) is 0 Å². The van der Waals surface area contributed by atoms with Crippen LogP contribution in [0, 0.1) is 5.92 Å². The minimum atomic E-state index is 0.0779. The number of carbonyl (C=O) groups is 1. The topological polar surface area (TPSA) is 52.0 Å². The van der Waals surface area contributed by atoms with Crippen molar-refractivity contribution in [1.82, 2.24) is 9.55 Å². The molecule has 0 atom stereocenters. The van der Waals surface area contributed by atoms with Gasteiger partial charge in [0.15, 0.2) is 5.16 Å². The molecule has 0 amide bonds. The first-order valence-corrected chi connectivity index (χ1v) is 9.95. The van der Waals surface area contributed by atoms with E-state index in [1.807, 2.05) is 0 Å². The molecule has 0 saturated carbocycles. The predicted octanol–water partition coefficient (Wildman–Crippen LogP) is 3.67. The van der Waals surface area contributed by atoms with Gasteiger partial charge < -0.3 is 0 Å². The van der Waals surface area contributed by atoms with Gasteiger partial charge in [-0.15, -0.1) is 11.3 Å². The zero-order chi connectivity index (χ0) is 16.6. The first-order valence-electron chi connectivity index (χ1n) is 8.14. The third-order valence-electron chi connectivity index (χ3n) is 3.99. The molecule has 0 radical (unpaired) electrons. The summed E-state index contributed by atoms with van der Waals surface area (Å²) in [5.74, 6) is 0.824. The Morgan fingerprint density at radius 2 is 2.09 bits per heavy atom. The number of aryl methyl sites for hydroxylation is 2. The van der Waals surface area contributed by atoms with Crippen molar-refractivity contribution in [2.75, 3.05) is 5.75 Å². The fraction of sp³-hybridized carbons (Fsp3) is 0.588. The first-order chi connectivity index (χ1) is 11.0. The maximum Gasteiger partial charge on any atom is 0.263 e. The Balaban J connectivity index is 2.17. The highest BCUT2D eigenvalue weighted by Crippen LogP contribution is 2.34. The van der Waals surface area contributed by atoms with Crippen LogP contribution in [0.1, 0.15) is 44.1 Å². The number of nitrogens with zero attached hydrogens (tertiary/aromatic N) is 2. The van der Waals surface area contributed by atoms with Gasteiger partial charge >= 0.3 is 0 Å². The average Bonchev–Trinajstić information content (AvgIpc) is 2.86. The third-order valence-corrected chi connectivity index (χ3v) is 6.30. The molecule has 0 N–H and O–H groups in total. The number of Topliss-reactive ketones (excluding diaryl/α,β-unsaturated/α-hetero) is 1. The second-order valence-corrected chi connectivity index (χ2v) is 8.61. The molecule has 0 bridgehead atoms. The fourth-order valence-corrected chi connectivity index (χ4v) is 5.13. The van der Waals surface area contributed by atoms with E-state index in [0.717, 1.165) is 29.5 Å². The normalized spacial score (nSPS) is 14.4. The number of hydrogen-bond donors (Lipinski definition) is 0. The maximum atomic E-state index is 13.1. The molecule has 0 saturated heterocycles. The molecule has 6 heteroatoms. The highest BCUT2D eigenvalue weighted by atomic mass is 32.2. The molecule has 0 unspecified atom stereocenters. The summed E-state index contributed by atoms with van der Waals surface area (Å²) in [6, 6.07) is 0. The van der Waals surface area contributed by atoms with Gasteiger partial charge in [-0.1, -0.05) is 25.6 Å². The summed E-state index contributed by atoms with van der Waals surface area (Å²) in [6.07, 6.45) is 4.42. The van der Waals surface area contributed by atoms with E-state index < -0.39 is 0 Å². The number of ketones is 1. The number of rotatable bonds is 5. The monoisotopic (exact) mass is 350 g/mol. The molecule has 4 nitrogen and oxygen atoms in total. The van der Waals surface area contributed by atoms with Crippen LogP contribution in [0.15, 0.2) is 9.95 Å². The van der Waals surface area contributed by atoms with Gasteiger partial charge in [-0.2, -0.15) is 0 Å². The summed E-state index contributed by atoms with van der Waals surface area (Å²) >= 11 is 3.05. The Morgan fingerprint density at radius 3 is 2.78 bits per heavy atom. The number of thioether (sulfide) groups is 1. The minimum Gasteiger partial charge on any atom is -0.299 e. The third kappa shape index (κ3) is 3.38. The molecule has 3 rings (SSSR count). The summed E-state index contributed by atoms with van der Waals surface area (Å²) in [7, 11) is 0. The largest absolute Gasteiger partial charge is 0.299 e. The molecule has 23 heavy (non-hydrogen) atoms. The van der Waals surface area contributed by atoms with Crippen LogP contribution in [0.25, 0.3) is 10.2 Å². The highest BCUT2D eigenvalue weighted by molar-refractivity contribution is 7.99. The van der Waals surface area contributed by atoms with Gasteiger partial charge in [0.25, 0.3) is 5.56 Å². The Morgan fingerprint density at radius 1 is 1.35 bits per heavy atom. The van der Waals surface area contributed by atoms with Crippen molar-refractivity contribution in [3.05, 3.63) is 20.8 Å². The van der Waals surface area contributed by atoms with Crippen molar-refractivity contribution in [3.63, 3.8) is 0 Å². The quantitative estimate of drug-likeness (QED) is 0.610. The van der Waals surface area contributed by atoms with Crippen LogP contribution in [0.2, 0.25) is 0 Å². The van der Waals surface area contributed by atoms with Gasteiger partial charge in [0.1, 0.15) is 10.6 Å². The van der Waals surface area contributed by atoms with Crippen LogP contribution in [-0.2, 0) is 24.2 Å². The Bertz CT molecular complexity index is 805. The van der Waals surface area contributed by atoms with Gasteiger partial charge in [0.2, 0.25) is 0 Å². The summed E-state index contributed by atoms with van der Waals surface area (Å²) in [5.41, 5.74) is 1.31. The van der Waals surface area contributed by atoms with Crippen LogP contribution in [0.5, 0.6) is 0 Å². The van der Waals surface area contributed by atoms with E-state index in [1.165, 1.54) is 28.6 Å². The van der Waals surface area contributed by atoms with Crippen LogP contribution in [0.3, 0.4) is 0 Å². The van der Waals surface area contributed by atoms with Crippen LogP contribution >= 0.6 is 23.1 Å². The second kappa shape index (κ2) is 6.77. The fourth-order valence-electron chi connectivity index (χ4n) is 3.02. The molecule has 2 heterocycles. The van der Waals surface area contributed by atoms with Crippen molar-refractivity contribution < 1.29 is 4.79 Å². The van der Waals surface area contributed by atoms with E-state index in [-0.39, 0.29) is 11.3 Å². The van der Waals surface area contributed by atoms with Gasteiger partial charge in [-0.05, 0) is 44.1 Å². The average molecular weight is 351 g/mol. The smallest absolute Gasteiger partial charge is 0.263 e. The SMILES string of the molecule is CC(=O)CSc1nc2sc3c(c2c(=O)n1CC(C)C)CCCC3. The van der Waals surface area contributed by atoms with Gasteiger partial charge in [0, 0.05) is 11.4 Å². The van der Waals surface area contributed by atoms with Crippen molar-refractivity contribution in [2.24, 2.45) is 5.92 Å². The number of thiophene rings is 1. The Kier molecular flexibility index (Phi) is 4.92. The molecule has 0 fully saturated rings. The second-order valence-electron chi connectivity index (χ2n) is 6.59. The lowest BCUT2D eigenvalue weighted by Crippen LogP contribution is -2.26. The predicted molar refractivity (Wildman–Crippen MR) is 96.8 cm³/mol. The number of fused-ring (bicyclic) bond motifs is 3. The lowest BCUT2D eigenvalue weighted by molar-refractivity contribution is -0.114. The van der Waals surface area contributed by atoms with Gasteiger partial charge in [-0.25, -0.2) is 4.98 Å². The zero-order valence-corrected chi connectivity index (χ0v) is 15.5. The summed E-state index contributed by atoms with van der Waals surface area (Å²) in [5, 5.41) is 1.52. The molecule has 0 spiro atoms. The van der Waals surface area contributed by atoms with Gasteiger partial charge in [0.05, 0.1) is 11.1 Å². The van der Waals surface area contributed by atoms with Crippen LogP contribution in [0.4, 0.5) is 0 Å². The van der Waals surface area contributed by atoms with Gasteiger partial charge in [-0.3, -0.25) is 14.2 Å². The molecule has 2 aromatic heterocycles. The van der Waals surface area contributed by atoms with E-state index in [0.29, 0.717) is 23.4 Å². The maximum absolute atomic E-state index is 13.1. The van der Waals surface area contributed by atoms with E-state index >= 15 is 0 Å². The Hall–Kier alpha value is -1.14. The van der Waals surface area contributed by atoms with Crippen LogP contribution < -0.4 is 5.56 Å². The molecular formula is C17H22N2O2S2. The molecule has 1 aliphatic rings. The van der Waals surface area contributed by atoms with E-state index in [2.05, 4.69) is 13.8 Å². The standard InChI is InChI=1S/C17H22N2O2S2/c1-10(2)8-19-16(21)14-12-6-4-5-7-13(12)23-15(14)18-17(19)22-9-11(3)20/h10H,4-9H2,1-3H3. The molecule has 124 valence electrons. The van der Waals surface area contributed by atoms with Crippen LogP contribution in [-0.4, -0.2) is 21.1 Å². The molecule has 1 aliphatic carbocycles. The van der Waals surface area contributed by atoms with E-state index in [9.17, 15) is 9.59 Å². The lowest BCUT2D eigenvalue weighted by atomic mass is 9.97. The highest BCUT2D eigenvalue weighted by Gasteiger charge is 2.22. The molecule has 0 aliphatic heterocycles. The minimum absolute atomic E-state index is 0.0779. The number of aromatic nitrogens is 2. The Labute approximate surface area is 144 Å². The van der Waals surface area contributed by atoms with Crippen molar-refractivity contribution >= 4 is 39.1 Å².